The number of amides is 2. The fraction of sp³-hybridized carbons (Fsp3) is 0.857. The predicted octanol–water partition coefficient (Wildman–Crippen LogP) is 0.464. The molecule has 11 heavy (non-hydrogen) atoms. The minimum atomic E-state index is -0.186. The molecule has 0 rings (SSSR count). The fourth-order valence-electron chi connectivity index (χ4n) is 0.523. The molecule has 0 aliphatic carbocycles. The van der Waals surface area contributed by atoms with Crippen LogP contribution >= 0.6 is 0 Å². The average Bonchev–Trinajstić information content (AvgIpc) is 1.87. The Labute approximate surface area is 67.7 Å². The Kier molecular flexibility index (Phi) is 4.61. The second-order valence-corrected chi connectivity index (χ2v) is 2.88. The highest BCUT2D eigenvalue weighted by Crippen LogP contribution is 1.98. The van der Waals surface area contributed by atoms with Gasteiger partial charge in [0.15, 0.2) is 0 Å². The molecule has 0 bridgehead atoms. The Balaban J connectivity index is 3.57. The lowest BCUT2D eigenvalue weighted by atomic mass is 10.1. The van der Waals surface area contributed by atoms with Crippen LogP contribution in [-0.4, -0.2) is 19.1 Å². The Morgan fingerprint density at radius 3 is 2.18 bits per heavy atom. The molecule has 3 N–H and O–H groups in total. The van der Waals surface area contributed by atoms with Crippen molar-refractivity contribution in [3.8, 4) is 0 Å². The summed E-state index contributed by atoms with van der Waals surface area (Å²) in [6.07, 6.45) is 0. The van der Waals surface area contributed by atoms with E-state index in [9.17, 15) is 4.79 Å². The molecule has 0 radical (unpaired) electrons. The van der Waals surface area contributed by atoms with Crippen molar-refractivity contribution in [3.05, 3.63) is 0 Å². The van der Waals surface area contributed by atoms with E-state index in [1.54, 1.807) is 7.05 Å². The molecule has 0 aromatic rings. The summed E-state index contributed by atoms with van der Waals surface area (Å²) in [7, 11) is 1.65. The van der Waals surface area contributed by atoms with Gasteiger partial charge in [0, 0.05) is 13.1 Å². The molecule has 66 valence electrons. The third-order valence-corrected chi connectivity index (χ3v) is 1.60. The number of hydrazine groups is 1. The lowest BCUT2D eigenvalue weighted by Crippen LogP contribution is -2.47. The maximum atomic E-state index is 10.9. The number of hydrogen-bond donors (Lipinski definition) is 3. The molecule has 0 aromatic heterocycles. The normalized spacial score (nSPS) is 12.8. The molecule has 0 unspecified atom stereocenters. The zero-order valence-electron chi connectivity index (χ0n) is 7.56. The minimum absolute atomic E-state index is 0.186. The summed E-state index contributed by atoms with van der Waals surface area (Å²) in [5, 5.41) is 2.77. The van der Waals surface area contributed by atoms with Crippen LogP contribution in [0.1, 0.15) is 20.8 Å². The highest BCUT2D eigenvalue weighted by atomic mass is 16.2. The number of carbonyl (C=O) groups is 1. The van der Waals surface area contributed by atoms with E-state index in [0.29, 0.717) is 5.92 Å². The fourth-order valence-corrected chi connectivity index (χ4v) is 0.523. The number of hydrogen-bond acceptors (Lipinski definition) is 2. The lowest BCUT2D eigenvalue weighted by Gasteiger charge is -2.17. The summed E-state index contributed by atoms with van der Waals surface area (Å²) < 4.78 is 0. The van der Waals surface area contributed by atoms with E-state index in [2.05, 4.69) is 30.0 Å². The summed E-state index contributed by atoms with van der Waals surface area (Å²) in [6, 6.07) is 0.0112. The zero-order valence-corrected chi connectivity index (χ0v) is 7.56. The van der Waals surface area contributed by atoms with Gasteiger partial charge < -0.3 is 5.32 Å². The highest BCUT2D eigenvalue weighted by molar-refractivity contribution is 5.73. The van der Waals surface area contributed by atoms with Crippen LogP contribution in [-0.2, 0) is 0 Å². The van der Waals surface area contributed by atoms with Crippen molar-refractivity contribution in [1.29, 1.82) is 0 Å². The summed E-state index contributed by atoms with van der Waals surface area (Å²) in [5.41, 5.74) is 4.98. The number of urea groups is 1. The van der Waals surface area contributed by atoms with Crippen LogP contribution in [0.2, 0.25) is 0 Å². The van der Waals surface area contributed by atoms with Gasteiger partial charge in [0.05, 0.1) is 0 Å². The predicted molar refractivity (Wildman–Crippen MR) is 45.0 cm³/mol. The van der Waals surface area contributed by atoms with Crippen molar-refractivity contribution < 1.29 is 4.79 Å². The van der Waals surface area contributed by atoms with E-state index in [1.165, 1.54) is 0 Å². The van der Waals surface area contributed by atoms with E-state index in [0.717, 1.165) is 0 Å². The van der Waals surface area contributed by atoms with Crippen molar-refractivity contribution >= 4 is 6.03 Å². The standard InChI is InChI=1S/C7H17N3O/c1-5(2)6(3)9-7(11)10-8-4/h5-6,8H,1-4H3,(H2,9,10,11)/t6-/m0/s1. The Hall–Kier alpha value is -0.770. The first kappa shape index (κ1) is 10.2. The largest absolute Gasteiger partial charge is 0.334 e. The van der Waals surface area contributed by atoms with E-state index in [1.807, 2.05) is 6.92 Å². The molecule has 4 nitrogen and oxygen atoms in total. The van der Waals surface area contributed by atoms with Gasteiger partial charge in [-0.05, 0) is 12.8 Å². The topological polar surface area (TPSA) is 53.2 Å². The minimum Gasteiger partial charge on any atom is -0.334 e. The maximum Gasteiger partial charge on any atom is 0.329 e. The average molecular weight is 159 g/mol. The van der Waals surface area contributed by atoms with E-state index < -0.39 is 0 Å². The zero-order chi connectivity index (χ0) is 8.85. The van der Waals surface area contributed by atoms with Crippen molar-refractivity contribution in [1.82, 2.24) is 16.2 Å². The number of rotatable bonds is 3. The molecule has 0 saturated heterocycles. The van der Waals surface area contributed by atoms with Crippen molar-refractivity contribution in [2.45, 2.75) is 26.8 Å². The third kappa shape index (κ3) is 4.61. The van der Waals surface area contributed by atoms with Crippen LogP contribution in [0.15, 0.2) is 0 Å². The Morgan fingerprint density at radius 2 is 1.82 bits per heavy atom. The molecule has 0 aromatic carbocycles. The van der Waals surface area contributed by atoms with Crippen LogP contribution < -0.4 is 16.2 Å². The first-order valence-corrected chi connectivity index (χ1v) is 3.81. The lowest BCUT2D eigenvalue weighted by molar-refractivity contribution is 0.231. The smallest absolute Gasteiger partial charge is 0.329 e. The first-order chi connectivity index (χ1) is 5.07. The van der Waals surface area contributed by atoms with Gasteiger partial charge >= 0.3 is 6.03 Å². The van der Waals surface area contributed by atoms with Gasteiger partial charge in [-0.25, -0.2) is 10.2 Å². The van der Waals surface area contributed by atoms with E-state index in [4.69, 9.17) is 0 Å². The summed E-state index contributed by atoms with van der Waals surface area (Å²) in [4.78, 5) is 10.9. The monoisotopic (exact) mass is 159 g/mol. The molecular formula is C7H17N3O. The molecule has 0 aliphatic heterocycles. The van der Waals surface area contributed by atoms with E-state index >= 15 is 0 Å². The number of carbonyl (C=O) groups excluding carboxylic acids is 1. The van der Waals surface area contributed by atoms with E-state index in [-0.39, 0.29) is 12.1 Å². The maximum absolute atomic E-state index is 10.9. The summed E-state index contributed by atoms with van der Waals surface area (Å²) in [6.45, 7) is 6.09. The van der Waals surface area contributed by atoms with Gasteiger partial charge in [0.25, 0.3) is 0 Å². The molecule has 0 fully saturated rings. The molecule has 0 spiro atoms. The van der Waals surface area contributed by atoms with Crippen LogP contribution in [0, 0.1) is 5.92 Å². The van der Waals surface area contributed by atoms with Crippen LogP contribution in [0.5, 0.6) is 0 Å². The van der Waals surface area contributed by atoms with Crippen LogP contribution in [0.25, 0.3) is 0 Å². The Bertz CT molecular complexity index is 125. The van der Waals surface area contributed by atoms with Crippen molar-refractivity contribution in [3.63, 3.8) is 0 Å². The molecular weight excluding hydrogens is 142 g/mol. The van der Waals surface area contributed by atoms with Gasteiger partial charge in [-0.3, -0.25) is 5.43 Å². The quantitative estimate of drug-likeness (QED) is 0.524. The summed E-state index contributed by atoms with van der Waals surface area (Å²) in [5.74, 6) is 0.456. The highest BCUT2D eigenvalue weighted by Gasteiger charge is 2.08. The van der Waals surface area contributed by atoms with Crippen LogP contribution in [0.3, 0.4) is 0 Å². The third-order valence-electron chi connectivity index (χ3n) is 1.60. The Morgan fingerprint density at radius 1 is 1.27 bits per heavy atom. The molecule has 4 heteroatoms. The molecule has 1 atom stereocenters. The van der Waals surface area contributed by atoms with Gasteiger partial charge in [0.1, 0.15) is 0 Å². The SMILES string of the molecule is CNNC(=O)N[C@@H](C)C(C)C. The van der Waals surface area contributed by atoms with Gasteiger partial charge in [-0.15, -0.1) is 0 Å². The van der Waals surface area contributed by atoms with Gasteiger partial charge in [-0.1, -0.05) is 13.8 Å². The first-order valence-electron chi connectivity index (χ1n) is 3.81. The number of nitrogens with one attached hydrogen (secondary N) is 3. The molecule has 0 aliphatic rings. The molecule has 2 amide bonds. The molecule has 0 heterocycles. The second-order valence-electron chi connectivity index (χ2n) is 2.88. The second kappa shape index (κ2) is 4.96. The van der Waals surface area contributed by atoms with Gasteiger partial charge in [0.2, 0.25) is 0 Å². The van der Waals surface area contributed by atoms with Gasteiger partial charge in [-0.2, -0.15) is 0 Å². The summed E-state index contributed by atoms with van der Waals surface area (Å²) >= 11 is 0. The van der Waals surface area contributed by atoms with Crippen LogP contribution in [0.4, 0.5) is 4.79 Å². The van der Waals surface area contributed by atoms with Crippen molar-refractivity contribution in [2.24, 2.45) is 5.92 Å². The molecule has 0 saturated carbocycles. The van der Waals surface area contributed by atoms with Crippen molar-refractivity contribution in [2.75, 3.05) is 7.05 Å².